The molecule has 0 spiro atoms. The van der Waals surface area contributed by atoms with Gasteiger partial charge in [-0.05, 0) is 68.9 Å². The molecule has 0 fully saturated rings. The minimum Gasteiger partial charge on any atom is -0.444 e. The van der Waals surface area contributed by atoms with Crippen LogP contribution >= 0.6 is 0 Å². The van der Waals surface area contributed by atoms with Crippen LogP contribution in [0.4, 0.5) is 10.5 Å². The number of nitrogens with one attached hydrogen (secondary N) is 2. The van der Waals surface area contributed by atoms with Crippen LogP contribution in [0, 0.1) is 24.2 Å². The fourth-order valence-electron chi connectivity index (χ4n) is 3.96. The lowest BCUT2D eigenvalue weighted by molar-refractivity contribution is -0.140. The van der Waals surface area contributed by atoms with E-state index in [1.807, 2.05) is 45.0 Å². The monoisotopic (exact) mass is 518 g/mol. The van der Waals surface area contributed by atoms with Crippen molar-refractivity contribution in [3.05, 3.63) is 71.8 Å². The molecule has 3 amide bonds. The van der Waals surface area contributed by atoms with Crippen molar-refractivity contribution in [1.29, 1.82) is 5.26 Å². The van der Waals surface area contributed by atoms with Crippen molar-refractivity contribution in [3.63, 3.8) is 0 Å². The van der Waals surface area contributed by atoms with E-state index in [0.29, 0.717) is 17.7 Å². The van der Waals surface area contributed by atoms with Gasteiger partial charge in [0.05, 0.1) is 6.07 Å². The van der Waals surface area contributed by atoms with Crippen molar-refractivity contribution in [2.75, 3.05) is 11.9 Å². The molecule has 0 aliphatic heterocycles. The summed E-state index contributed by atoms with van der Waals surface area (Å²) in [4.78, 5) is 41.6. The number of nitriles is 1. The van der Waals surface area contributed by atoms with Crippen LogP contribution in [0.15, 0.2) is 55.1 Å². The van der Waals surface area contributed by atoms with Crippen molar-refractivity contribution in [2.45, 2.75) is 65.6 Å². The highest BCUT2D eigenvalue weighted by Gasteiger charge is 2.36. The maximum absolute atomic E-state index is 14.0. The maximum Gasteiger partial charge on any atom is 0.408 e. The predicted octanol–water partition coefficient (Wildman–Crippen LogP) is 5.61. The molecule has 2 aromatic rings. The average molecular weight is 519 g/mol. The number of benzene rings is 2. The van der Waals surface area contributed by atoms with E-state index in [0.717, 1.165) is 11.1 Å². The smallest absolute Gasteiger partial charge is 0.408 e. The van der Waals surface area contributed by atoms with Gasteiger partial charge in [0.2, 0.25) is 5.91 Å². The summed E-state index contributed by atoms with van der Waals surface area (Å²) in [5, 5.41) is 15.3. The summed E-state index contributed by atoms with van der Waals surface area (Å²) in [7, 11) is 0. The Hall–Kier alpha value is -4.12. The van der Waals surface area contributed by atoms with Gasteiger partial charge in [0.25, 0.3) is 5.91 Å². The summed E-state index contributed by atoms with van der Waals surface area (Å²) in [5.41, 5.74) is 1.95. The molecule has 0 aliphatic rings. The number of hydrogen-bond acceptors (Lipinski definition) is 5. The van der Waals surface area contributed by atoms with Crippen molar-refractivity contribution in [2.24, 2.45) is 5.92 Å². The second kappa shape index (κ2) is 13.4. The standard InChI is InChI=1S/C30H38N4O4/c1-8-22-13-11-14-23(19-22)26(27(35)32-24-15-10-9-12-21(24)4)34(17-16-31)28(36)25(18-20(2)3)33-29(37)38-30(5,6)7/h8-15,19-20,25-26H,1,17-18H2,2-7H3,(H,32,35)(H,33,37). The van der Waals surface area contributed by atoms with Crippen LogP contribution in [-0.4, -0.2) is 41.0 Å². The van der Waals surface area contributed by atoms with E-state index in [1.165, 1.54) is 4.90 Å². The molecule has 0 bridgehead atoms. The number of para-hydroxylation sites is 1. The predicted molar refractivity (Wildman–Crippen MR) is 149 cm³/mol. The molecular formula is C30H38N4O4. The Kier molecular flexibility index (Phi) is 10.6. The molecule has 0 aromatic heterocycles. The first-order valence-corrected chi connectivity index (χ1v) is 12.6. The lowest BCUT2D eigenvalue weighted by Crippen LogP contribution is -2.53. The Morgan fingerprint density at radius 3 is 2.39 bits per heavy atom. The molecule has 8 heteroatoms. The molecule has 0 radical (unpaired) electrons. The SMILES string of the molecule is C=Cc1cccc(C(C(=O)Nc2ccccc2C)N(CC#N)C(=O)C(CC(C)C)NC(=O)OC(C)(C)C)c1. The molecule has 202 valence electrons. The summed E-state index contributed by atoms with van der Waals surface area (Å²) in [6.45, 7) is 14.3. The zero-order valence-electron chi connectivity index (χ0n) is 23.1. The number of hydrogen-bond donors (Lipinski definition) is 2. The molecule has 0 saturated heterocycles. The van der Waals surface area contributed by atoms with E-state index in [-0.39, 0.29) is 12.5 Å². The van der Waals surface area contributed by atoms with Gasteiger partial charge in [-0.3, -0.25) is 9.59 Å². The number of anilines is 1. The summed E-state index contributed by atoms with van der Waals surface area (Å²) in [6.07, 6.45) is 1.18. The molecular weight excluding hydrogens is 480 g/mol. The van der Waals surface area contributed by atoms with Gasteiger partial charge in [0, 0.05) is 5.69 Å². The van der Waals surface area contributed by atoms with Crippen LogP contribution in [0.1, 0.15) is 63.8 Å². The fourth-order valence-corrected chi connectivity index (χ4v) is 3.96. The van der Waals surface area contributed by atoms with E-state index in [4.69, 9.17) is 4.74 Å². The highest BCUT2D eigenvalue weighted by Crippen LogP contribution is 2.27. The highest BCUT2D eigenvalue weighted by molar-refractivity contribution is 5.99. The number of alkyl carbamates (subject to hydrolysis) is 1. The van der Waals surface area contributed by atoms with Crippen molar-refractivity contribution < 1.29 is 19.1 Å². The number of ether oxygens (including phenoxy) is 1. The Morgan fingerprint density at radius 1 is 1.13 bits per heavy atom. The van der Waals surface area contributed by atoms with E-state index >= 15 is 0 Å². The summed E-state index contributed by atoms with van der Waals surface area (Å²) in [5.74, 6) is -1.00. The summed E-state index contributed by atoms with van der Waals surface area (Å²) < 4.78 is 5.38. The average Bonchev–Trinajstić information content (AvgIpc) is 2.83. The molecule has 38 heavy (non-hydrogen) atoms. The zero-order valence-corrected chi connectivity index (χ0v) is 23.1. The first kappa shape index (κ1) is 30.1. The van der Waals surface area contributed by atoms with Crippen LogP contribution in [0.2, 0.25) is 0 Å². The Balaban J connectivity index is 2.55. The van der Waals surface area contributed by atoms with Gasteiger partial charge in [-0.25, -0.2) is 4.79 Å². The van der Waals surface area contributed by atoms with E-state index in [2.05, 4.69) is 17.2 Å². The first-order valence-electron chi connectivity index (χ1n) is 12.6. The first-order chi connectivity index (χ1) is 17.9. The number of carbonyl (C=O) groups is 3. The summed E-state index contributed by atoms with van der Waals surface area (Å²) >= 11 is 0. The maximum atomic E-state index is 14.0. The third-order valence-corrected chi connectivity index (χ3v) is 5.65. The highest BCUT2D eigenvalue weighted by atomic mass is 16.6. The largest absolute Gasteiger partial charge is 0.444 e. The minimum absolute atomic E-state index is 0.0335. The van der Waals surface area contributed by atoms with Gasteiger partial charge in [-0.1, -0.05) is 62.9 Å². The summed E-state index contributed by atoms with van der Waals surface area (Å²) in [6, 6.07) is 14.2. The second-order valence-corrected chi connectivity index (χ2v) is 10.5. The molecule has 0 saturated carbocycles. The Bertz CT molecular complexity index is 1190. The molecule has 2 rings (SSSR count). The molecule has 0 aliphatic carbocycles. The van der Waals surface area contributed by atoms with Gasteiger partial charge in [-0.15, -0.1) is 0 Å². The normalized spacial score (nSPS) is 12.6. The molecule has 2 atom stereocenters. The van der Waals surface area contributed by atoms with Gasteiger partial charge in [0.15, 0.2) is 0 Å². The number of aryl methyl sites for hydroxylation is 1. The zero-order chi connectivity index (χ0) is 28.5. The number of rotatable bonds is 10. The molecule has 2 N–H and O–H groups in total. The number of nitrogens with zero attached hydrogens (tertiary/aromatic N) is 2. The lowest BCUT2D eigenvalue weighted by atomic mass is 9.98. The fraction of sp³-hybridized carbons (Fsp3) is 0.400. The molecule has 2 unspecified atom stereocenters. The van der Waals surface area contributed by atoms with Crippen molar-refractivity contribution >= 4 is 29.7 Å². The van der Waals surface area contributed by atoms with E-state index in [9.17, 15) is 19.6 Å². The molecule has 0 heterocycles. The van der Waals surface area contributed by atoms with E-state index < -0.39 is 35.6 Å². The van der Waals surface area contributed by atoms with Gasteiger partial charge >= 0.3 is 6.09 Å². The van der Waals surface area contributed by atoms with Crippen molar-refractivity contribution in [3.8, 4) is 6.07 Å². The van der Waals surface area contributed by atoms with Crippen LogP contribution in [-0.2, 0) is 14.3 Å². The second-order valence-electron chi connectivity index (χ2n) is 10.5. The third-order valence-electron chi connectivity index (χ3n) is 5.65. The minimum atomic E-state index is -1.14. The van der Waals surface area contributed by atoms with E-state index in [1.54, 1.807) is 57.2 Å². The van der Waals surface area contributed by atoms with Crippen molar-refractivity contribution in [1.82, 2.24) is 10.2 Å². The topological polar surface area (TPSA) is 112 Å². The quantitative estimate of drug-likeness (QED) is 0.397. The third kappa shape index (κ3) is 8.77. The Morgan fingerprint density at radius 2 is 1.82 bits per heavy atom. The van der Waals surface area contributed by atoms with Crippen LogP contribution in [0.5, 0.6) is 0 Å². The molecule has 2 aromatic carbocycles. The Labute approximate surface area is 225 Å². The molecule has 8 nitrogen and oxygen atoms in total. The van der Waals surface area contributed by atoms with Gasteiger partial charge in [-0.2, -0.15) is 5.26 Å². The number of amides is 3. The van der Waals surface area contributed by atoms with Crippen LogP contribution < -0.4 is 10.6 Å². The van der Waals surface area contributed by atoms with Gasteiger partial charge in [0.1, 0.15) is 24.2 Å². The lowest BCUT2D eigenvalue weighted by Gasteiger charge is -2.33. The van der Waals surface area contributed by atoms with Gasteiger partial charge < -0.3 is 20.3 Å². The van der Waals surface area contributed by atoms with Crippen LogP contribution in [0.3, 0.4) is 0 Å². The van der Waals surface area contributed by atoms with Crippen LogP contribution in [0.25, 0.3) is 6.08 Å². The number of carbonyl (C=O) groups excluding carboxylic acids is 3.